The number of rotatable bonds is 5. The lowest BCUT2D eigenvalue weighted by atomic mass is 9.98. The first-order valence-electron chi connectivity index (χ1n) is 15.2. The van der Waals surface area contributed by atoms with Crippen LogP contribution in [0.4, 0.5) is 0 Å². The number of nitriles is 2. The predicted molar refractivity (Wildman–Crippen MR) is 188 cm³/mol. The Morgan fingerprint density at radius 1 is 0.404 bits per heavy atom. The van der Waals surface area contributed by atoms with Gasteiger partial charge in [-0.05, 0) is 69.8 Å². The highest BCUT2D eigenvalue weighted by Gasteiger charge is 2.15. The highest BCUT2D eigenvalue weighted by molar-refractivity contribution is 6.11. The third-order valence-electron chi connectivity index (χ3n) is 8.62. The molecule has 0 atom stereocenters. The average Bonchev–Trinajstić information content (AvgIpc) is 3.48. The third-order valence-corrected chi connectivity index (χ3v) is 8.62. The van der Waals surface area contributed by atoms with Crippen molar-refractivity contribution in [1.29, 1.82) is 10.5 Å². The Labute approximate surface area is 271 Å². The summed E-state index contributed by atoms with van der Waals surface area (Å²) in [6.07, 6.45) is 6.73. The summed E-state index contributed by atoms with van der Waals surface area (Å²) in [5.74, 6) is 0. The molecule has 0 radical (unpaired) electrons. The molecule has 0 fully saturated rings. The summed E-state index contributed by atoms with van der Waals surface area (Å²) in [5.41, 5.74) is 12.8. The SMILES string of the molecule is N#Cc1cncc(-c2ccc(-c3ccc4c5ccc(-c6ccc(-c7cncc(C#N)c7)cc6)cc5n(-c5ccccc5)c4c3)cc2)c1. The number of nitrogens with zero attached hydrogens (tertiary/aromatic N) is 5. The molecule has 5 aromatic carbocycles. The van der Waals surface area contributed by atoms with Crippen LogP contribution in [0.15, 0.2) is 152 Å². The predicted octanol–water partition coefficient (Wildman–Crippen LogP) is 9.99. The van der Waals surface area contributed by atoms with Gasteiger partial charge >= 0.3 is 0 Å². The maximum absolute atomic E-state index is 9.28. The van der Waals surface area contributed by atoms with Crippen LogP contribution >= 0.6 is 0 Å². The van der Waals surface area contributed by atoms with Crippen molar-refractivity contribution < 1.29 is 0 Å². The fraction of sp³-hybridized carbons (Fsp3) is 0. The lowest BCUT2D eigenvalue weighted by Gasteiger charge is -2.10. The molecule has 0 aliphatic heterocycles. The molecular weight excluding hydrogens is 574 g/mol. The van der Waals surface area contributed by atoms with Crippen LogP contribution < -0.4 is 0 Å². The van der Waals surface area contributed by atoms with Gasteiger partial charge in [0.15, 0.2) is 0 Å². The molecule has 8 rings (SSSR count). The first kappa shape index (κ1) is 27.7. The van der Waals surface area contributed by atoms with Crippen molar-refractivity contribution >= 4 is 21.8 Å². The summed E-state index contributed by atoms with van der Waals surface area (Å²) in [6.45, 7) is 0. The standard InChI is InChI=1S/C42H25N5/c43-22-28-18-36(26-45-24-28)32-10-6-30(7-11-32)34-14-16-39-40-17-15-35(21-42(40)47(41(39)20-34)38-4-2-1-3-5-38)31-8-12-33(13-9-31)37-19-29(23-44)25-46-27-37/h1-21,24-27H. The molecular formula is C42H25N5. The normalized spacial score (nSPS) is 10.9. The summed E-state index contributed by atoms with van der Waals surface area (Å²) in [6, 6.07) is 48.7. The fourth-order valence-corrected chi connectivity index (χ4v) is 6.26. The Balaban J connectivity index is 1.21. The zero-order valence-corrected chi connectivity index (χ0v) is 25.2. The monoisotopic (exact) mass is 599 g/mol. The Kier molecular flexibility index (Phi) is 6.84. The molecule has 0 aliphatic carbocycles. The van der Waals surface area contributed by atoms with Gasteiger partial charge in [-0.3, -0.25) is 9.97 Å². The fourth-order valence-electron chi connectivity index (χ4n) is 6.26. The van der Waals surface area contributed by atoms with Crippen molar-refractivity contribution in [1.82, 2.24) is 14.5 Å². The van der Waals surface area contributed by atoms with Gasteiger partial charge in [0.2, 0.25) is 0 Å². The van der Waals surface area contributed by atoms with Gasteiger partial charge in [-0.25, -0.2) is 0 Å². The maximum atomic E-state index is 9.28. The number of pyridine rings is 2. The lowest BCUT2D eigenvalue weighted by Crippen LogP contribution is -1.94. The molecule has 5 nitrogen and oxygen atoms in total. The van der Waals surface area contributed by atoms with Crippen LogP contribution in [0, 0.1) is 22.7 Å². The van der Waals surface area contributed by atoms with E-state index in [0.29, 0.717) is 11.1 Å². The second-order valence-electron chi connectivity index (χ2n) is 11.4. The molecule has 0 spiro atoms. The Morgan fingerprint density at radius 2 is 0.809 bits per heavy atom. The minimum atomic E-state index is 0.547. The van der Waals surface area contributed by atoms with E-state index in [4.69, 9.17) is 0 Å². The molecule has 8 aromatic rings. The van der Waals surface area contributed by atoms with E-state index in [1.807, 2.05) is 18.2 Å². The molecule has 0 aliphatic rings. The quantitative estimate of drug-likeness (QED) is 0.197. The molecule has 5 heteroatoms. The van der Waals surface area contributed by atoms with Gasteiger partial charge in [-0.15, -0.1) is 0 Å². The van der Waals surface area contributed by atoms with Crippen molar-refractivity contribution in [3.63, 3.8) is 0 Å². The second kappa shape index (κ2) is 11.6. The van der Waals surface area contributed by atoms with E-state index in [0.717, 1.165) is 61.2 Å². The topological polar surface area (TPSA) is 78.3 Å². The Bertz CT molecular complexity index is 2360. The molecule has 218 valence electrons. The van der Waals surface area contributed by atoms with Crippen LogP contribution in [0.25, 0.3) is 72.0 Å². The summed E-state index contributed by atoms with van der Waals surface area (Å²) >= 11 is 0. The summed E-state index contributed by atoms with van der Waals surface area (Å²) < 4.78 is 2.35. The average molecular weight is 600 g/mol. The number of aromatic nitrogens is 3. The third kappa shape index (κ3) is 5.09. The van der Waals surface area contributed by atoms with Gasteiger partial charge in [0.1, 0.15) is 12.1 Å². The van der Waals surface area contributed by atoms with Crippen molar-refractivity contribution in [2.45, 2.75) is 0 Å². The van der Waals surface area contributed by atoms with Crippen LogP contribution in [0.5, 0.6) is 0 Å². The van der Waals surface area contributed by atoms with Crippen LogP contribution in [-0.4, -0.2) is 14.5 Å². The van der Waals surface area contributed by atoms with Gasteiger partial charge in [0.05, 0.1) is 22.2 Å². The molecule has 0 amide bonds. The van der Waals surface area contributed by atoms with Crippen LogP contribution in [0.1, 0.15) is 11.1 Å². The number of benzene rings is 5. The second-order valence-corrected chi connectivity index (χ2v) is 11.4. The van der Waals surface area contributed by atoms with E-state index >= 15 is 0 Å². The van der Waals surface area contributed by atoms with E-state index in [9.17, 15) is 10.5 Å². The van der Waals surface area contributed by atoms with Crippen LogP contribution in [-0.2, 0) is 0 Å². The minimum Gasteiger partial charge on any atom is -0.309 e. The van der Waals surface area contributed by atoms with Gasteiger partial charge in [0.25, 0.3) is 0 Å². The van der Waals surface area contributed by atoms with E-state index in [1.165, 1.54) is 10.8 Å². The van der Waals surface area contributed by atoms with Crippen molar-refractivity contribution in [3.05, 3.63) is 163 Å². The highest BCUT2D eigenvalue weighted by Crippen LogP contribution is 2.37. The van der Waals surface area contributed by atoms with Gasteiger partial charge in [0, 0.05) is 52.4 Å². The lowest BCUT2D eigenvalue weighted by molar-refractivity contribution is 1.18. The molecule has 3 aromatic heterocycles. The molecule has 0 saturated heterocycles. The molecule has 47 heavy (non-hydrogen) atoms. The summed E-state index contributed by atoms with van der Waals surface area (Å²) in [7, 11) is 0. The van der Waals surface area contributed by atoms with Gasteiger partial charge < -0.3 is 4.57 Å². The van der Waals surface area contributed by atoms with Crippen LogP contribution in [0.2, 0.25) is 0 Å². The molecule has 0 saturated carbocycles. The minimum absolute atomic E-state index is 0.547. The molecule has 0 N–H and O–H groups in total. The zero-order chi connectivity index (χ0) is 31.7. The maximum Gasteiger partial charge on any atom is 0.101 e. The highest BCUT2D eigenvalue weighted by atomic mass is 15.0. The summed E-state index contributed by atoms with van der Waals surface area (Å²) in [4.78, 5) is 8.43. The number of para-hydroxylation sites is 1. The molecule has 3 heterocycles. The first-order chi connectivity index (χ1) is 23.2. The zero-order valence-electron chi connectivity index (χ0n) is 25.2. The summed E-state index contributed by atoms with van der Waals surface area (Å²) in [5, 5.41) is 20.9. The number of fused-ring (bicyclic) bond motifs is 3. The van der Waals surface area contributed by atoms with Gasteiger partial charge in [-0.1, -0.05) is 91.0 Å². The van der Waals surface area contributed by atoms with Gasteiger partial charge in [-0.2, -0.15) is 10.5 Å². The van der Waals surface area contributed by atoms with E-state index in [-0.39, 0.29) is 0 Å². The smallest absolute Gasteiger partial charge is 0.101 e. The largest absolute Gasteiger partial charge is 0.309 e. The van der Waals surface area contributed by atoms with Crippen molar-refractivity contribution in [2.75, 3.05) is 0 Å². The van der Waals surface area contributed by atoms with E-state index < -0.39 is 0 Å². The number of hydrogen-bond donors (Lipinski definition) is 0. The van der Waals surface area contributed by atoms with E-state index in [1.54, 1.807) is 24.8 Å². The first-order valence-corrected chi connectivity index (χ1v) is 15.2. The van der Waals surface area contributed by atoms with Crippen molar-refractivity contribution in [2.24, 2.45) is 0 Å². The van der Waals surface area contributed by atoms with E-state index in [2.05, 4.69) is 136 Å². The Hall–Kier alpha value is -6.82. The number of hydrogen-bond acceptors (Lipinski definition) is 4. The molecule has 0 bridgehead atoms. The Morgan fingerprint density at radius 3 is 1.23 bits per heavy atom. The van der Waals surface area contributed by atoms with Crippen LogP contribution in [0.3, 0.4) is 0 Å². The van der Waals surface area contributed by atoms with Crippen molar-refractivity contribution in [3.8, 4) is 62.3 Å². The molecule has 0 unspecified atom stereocenters.